The first-order chi connectivity index (χ1) is 9.97. The summed E-state index contributed by atoms with van der Waals surface area (Å²) >= 11 is 1.33. The van der Waals surface area contributed by atoms with Crippen LogP contribution in [0.5, 0.6) is 5.75 Å². The Kier molecular flexibility index (Phi) is 4.77. The van der Waals surface area contributed by atoms with Crippen LogP contribution < -0.4 is 10.5 Å². The number of likely N-dealkylation sites (tertiary alicyclic amines) is 1. The summed E-state index contributed by atoms with van der Waals surface area (Å²) in [5, 5.41) is -0.402. The van der Waals surface area contributed by atoms with Gasteiger partial charge in [-0.1, -0.05) is 6.92 Å². The van der Waals surface area contributed by atoms with Crippen molar-refractivity contribution in [2.24, 2.45) is 0 Å². The number of hydrogen-bond donors (Lipinski definition) is 1. The van der Waals surface area contributed by atoms with Crippen LogP contribution in [-0.2, 0) is 9.59 Å². The Morgan fingerprint density at radius 3 is 2.81 bits per heavy atom. The molecule has 1 heterocycles. The zero-order valence-electron chi connectivity index (χ0n) is 12.5. The van der Waals surface area contributed by atoms with E-state index in [1.807, 2.05) is 13.8 Å². The number of benzene rings is 1. The first-order valence-corrected chi connectivity index (χ1v) is 7.82. The van der Waals surface area contributed by atoms with E-state index in [-0.39, 0.29) is 24.3 Å². The van der Waals surface area contributed by atoms with Crippen molar-refractivity contribution in [2.45, 2.75) is 42.9 Å². The lowest BCUT2D eigenvalue weighted by atomic mass is 10.2. The quantitative estimate of drug-likeness (QED) is 0.667. The van der Waals surface area contributed by atoms with E-state index in [0.717, 1.165) is 11.3 Å². The molecule has 2 amide bonds. The summed E-state index contributed by atoms with van der Waals surface area (Å²) in [7, 11) is 1.58. The van der Waals surface area contributed by atoms with E-state index in [1.165, 1.54) is 16.7 Å². The molecule has 2 rings (SSSR count). The molecule has 1 aliphatic rings. The summed E-state index contributed by atoms with van der Waals surface area (Å²) in [5.74, 6) is 0.456. The minimum Gasteiger partial charge on any atom is -0.497 e. The summed E-state index contributed by atoms with van der Waals surface area (Å²) in [6.07, 6.45) is 0.987. The third-order valence-corrected chi connectivity index (χ3v) is 4.92. The number of anilines is 1. The van der Waals surface area contributed by atoms with Crippen molar-refractivity contribution in [3.8, 4) is 5.75 Å². The maximum atomic E-state index is 12.4. The van der Waals surface area contributed by atoms with E-state index < -0.39 is 5.25 Å². The Morgan fingerprint density at radius 1 is 1.48 bits per heavy atom. The van der Waals surface area contributed by atoms with E-state index in [2.05, 4.69) is 0 Å². The van der Waals surface area contributed by atoms with Gasteiger partial charge in [0.2, 0.25) is 11.8 Å². The Balaban J connectivity index is 2.18. The molecule has 0 aromatic heterocycles. The van der Waals surface area contributed by atoms with Crippen LogP contribution in [0.15, 0.2) is 23.1 Å². The standard InChI is InChI=1S/C15H20N2O3S/c1-4-9(2)17-14(18)8-13(15(17)19)21-12-7-10(20-3)5-6-11(12)16/h5-7,9,13H,4,8,16H2,1-3H3. The van der Waals surface area contributed by atoms with Gasteiger partial charge in [0.05, 0.1) is 12.4 Å². The highest BCUT2D eigenvalue weighted by molar-refractivity contribution is 8.00. The second kappa shape index (κ2) is 6.39. The van der Waals surface area contributed by atoms with Crippen LogP contribution in [0.25, 0.3) is 0 Å². The zero-order valence-corrected chi connectivity index (χ0v) is 13.3. The van der Waals surface area contributed by atoms with Gasteiger partial charge in [-0.3, -0.25) is 14.5 Å². The third kappa shape index (κ3) is 3.15. The number of nitrogens with zero attached hydrogens (tertiary/aromatic N) is 1. The molecule has 2 unspecified atom stereocenters. The molecule has 1 aromatic rings. The van der Waals surface area contributed by atoms with Crippen molar-refractivity contribution in [1.29, 1.82) is 0 Å². The van der Waals surface area contributed by atoms with Crippen LogP contribution in [0.3, 0.4) is 0 Å². The minimum atomic E-state index is -0.402. The van der Waals surface area contributed by atoms with Crippen LogP contribution in [0.4, 0.5) is 5.69 Å². The van der Waals surface area contributed by atoms with E-state index in [9.17, 15) is 9.59 Å². The Bertz CT molecular complexity index is 562. The summed E-state index contributed by atoms with van der Waals surface area (Å²) in [5.41, 5.74) is 6.52. The van der Waals surface area contributed by atoms with Crippen molar-refractivity contribution < 1.29 is 14.3 Å². The fourth-order valence-corrected chi connectivity index (χ4v) is 3.39. The van der Waals surface area contributed by atoms with Gasteiger partial charge in [0.1, 0.15) is 5.75 Å². The van der Waals surface area contributed by atoms with E-state index >= 15 is 0 Å². The lowest BCUT2D eigenvalue weighted by Gasteiger charge is -2.21. The van der Waals surface area contributed by atoms with Crippen LogP contribution in [0.1, 0.15) is 26.7 Å². The highest BCUT2D eigenvalue weighted by atomic mass is 32.2. The molecule has 21 heavy (non-hydrogen) atoms. The number of carbonyl (C=O) groups excluding carboxylic acids is 2. The molecule has 1 fully saturated rings. The minimum absolute atomic E-state index is 0.0572. The lowest BCUT2D eigenvalue weighted by molar-refractivity contribution is -0.140. The maximum absolute atomic E-state index is 12.4. The van der Waals surface area contributed by atoms with E-state index in [0.29, 0.717) is 11.4 Å². The predicted octanol–water partition coefficient (Wildman–Crippen LogP) is 2.30. The van der Waals surface area contributed by atoms with Gasteiger partial charge >= 0.3 is 0 Å². The summed E-state index contributed by atoms with van der Waals surface area (Å²) < 4.78 is 5.17. The maximum Gasteiger partial charge on any atom is 0.243 e. The van der Waals surface area contributed by atoms with Gasteiger partial charge in [-0.25, -0.2) is 0 Å². The van der Waals surface area contributed by atoms with Gasteiger partial charge in [0, 0.05) is 23.0 Å². The molecule has 114 valence electrons. The first kappa shape index (κ1) is 15.7. The van der Waals surface area contributed by atoms with Crippen molar-refractivity contribution >= 4 is 29.3 Å². The second-order valence-corrected chi connectivity index (χ2v) is 6.32. The van der Waals surface area contributed by atoms with Gasteiger partial charge < -0.3 is 10.5 Å². The number of methoxy groups -OCH3 is 1. The summed E-state index contributed by atoms with van der Waals surface area (Å²) in [4.78, 5) is 26.6. The number of thioether (sulfide) groups is 1. The van der Waals surface area contributed by atoms with Crippen LogP contribution in [0.2, 0.25) is 0 Å². The molecule has 0 radical (unpaired) electrons. The van der Waals surface area contributed by atoms with Crippen LogP contribution in [-0.4, -0.2) is 35.1 Å². The molecular formula is C15H20N2O3S. The molecule has 5 nitrogen and oxygen atoms in total. The SMILES string of the molecule is CCC(C)N1C(=O)CC(Sc2cc(OC)ccc2N)C1=O. The molecule has 0 saturated carbocycles. The second-order valence-electron chi connectivity index (χ2n) is 5.07. The molecule has 1 aliphatic heterocycles. The number of hydrogen-bond acceptors (Lipinski definition) is 5. The summed E-state index contributed by atoms with van der Waals surface area (Å²) in [6.45, 7) is 3.86. The topological polar surface area (TPSA) is 72.6 Å². The average molecular weight is 308 g/mol. The molecule has 6 heteroatoms. The number of nitrogens with two attached hydrogens (primary N) is 1. The molecule has 2 atom stereocenters. The van der Waals surface area contributed by atoms with Gasteiger partial charge in [0.25, 0.3) is 0 Å². The highest BCUT2D eigenvalue weighted by Crippen LogP contribution is 2.37. The molecule has 0 aliphatic carbocycles. The molecular weight excluding hydrogens is 288 g/mol. The van der Waals surface area contributed by atoms with Gasteiger partial charge in [-0.05, 0) is 31.5 Å². The number of carbonyl (C=O) groups is 2. The normalized spacial score (nSPS) is 20.0. The molecule has 2 N–H and O–H groups in total. The predicted molar refractivity (Wildman–Crippen MR) is 83.3 cm³/mol. The van der Waals surface area contributed by atoms with Gasteiger partial charge in [0.15, 0.2) is 0 Å². The fourth-order valence-electron chi connectivity index (χ4n) is 2.26. The Morgan fingerprint density at radius 2 is 2.19 bits per heavy atom. The number of amides is 2. The molecule has 0 bridgehead atoms. The Hall–Kier alpha value is -1.69. The van der Waals surface area contributed by atoms with E-state index in [4.69, 9.17) is 10.5 Å². The number of nitrogen functional groups attached to an aromatic ring is 1. The largest absolute Gasteiger partial charge is 0.497 e. The molecule has 0 spiro atoms. The van der Waals surface area contributed by atoms with Crippen molar-refractivity contribution in [3.63, 3.8) is 0 Å². The molecule has 1 aromatic carbocycles. The van der Waals surface area contributed by atoms with Gasteiger partial charge in [-0.15, -0.1) is 11.8 Å². The molecule has 1 saturated heterocycles. The summed E-state index contributed by atoms with van der Waals surface area (Å²) in [6, 6.07) is 5.25. The Labute approximate surface area is 128 Å². The fraction of sp³-hybridized carbons (Fsp3) is 0.467. The smallest absolute Gasteiger partial charge is 0.243 e. The van der Waals surface area contributed by atoms with Gasteiger partial charge in [-0.2, -0.15) is 0 Å². The first-order valence-electron chi connectivity index (χ1n) is 6.94. The average Bonchev–Trinajstić information content (AvgIpc) is 2.75. The number of rotatable bonds is 5. The van der Waals surface area contributed by atoms with Crippen molar-refractivity contribution in [1.82, 2.24) is 4.90 Å². The van der Waals surface area contributed by atoms with E-state index in [1.54, 1.807) is 25.3 Å². The van der Waals surface area contributed by atoms with Crippen molar-refractivity contribution in [2.75, 3.05) is 12.8 Å². The van der Waals surface area contributed by atoms with Crippen molar-refractivity contribution in [3.05, 3.63) is 18.2 Å². The zero-order chi connectivity index (χ0) is 15.6. The third-order valence-electron chi connectivity index (χ3n) is 3.66. The number of ether oxygens (including phenoxy) is 1. The van der Waals surface area contributed by atoms with Crippen LogP contribution in [0, 0.1) is 0 Å². The van der Waals surface area contributed by atoms with Crippen LogP contribution >= 0.6 is 11.8 Å². The highest BCUT2D eigenvalue weighted by Gasteiger charge is 2.41. The monoisotopic (exact) mass is 308 g/mol. The number of imide groups is 1. The lowest BCUT2D eigenvalue weighted by Crippen LogP contribution is -2.38.